The lowest BCUT2D eigenvalue weighted by atomic mass is 10.1. The number of hydrogen-bond acceptors (Lipinski definition) is 6. The predicted molar refractivity (Wildman–Crippen MR) is 106 cm³/mol. The Hall–Kier alpha value is -2.32. The summed E-state index contributed by atoms with van der Waals surface area (Å²) in [6.45, 7) is 3.88. The quantitative estimate of drug-likeness (QED) is 0.497. The molecule has 1 aliphatic rings. The minimum Gasteiger partial charge on any atom is -0.497 e. The van der Waals surface area contributed by atoms with Crippen molar-refractivity contribution in [2.45, 2.75) is 6.04 Å². The molecule has 1 amide bonds. The molecule has 0 spiro atoms. The molecule has 2 heterocycles. The molecule has 1 fully saturated rings. The standard InChI is InChI=1S/C19H22BrN5O2/c1-27-17-5-2-15(3-6-17)18(13-24-8-10-25(14-26)11-9-24)22-23-19-7-4-16(20)12-21-19/h2-7,12,14,18H,8-11,13H2,1H3. The summed E-state index contributed by atoms with van der Waals surface area (Å²) in [5, 5.41) is 8.90. The number of hydrogen-bond donors (Lipinski definition) is 0. The molecule has 8 heteroatoms. The third-order valence-corrected chi connectivity index (χ3v) is 4.97. The molecule has 0 saturated carbocycles. The van der Waals surface area contributed by atoms with Gasteiger partial charge in [0, 0.05) is 43.4 Å². The fraction of sp³-hybridized carbons (Fsp3) is 0.368. The Morgan fingerprint density at radius 1 is 1.19 bits per heavy atom. The number of piperazine rings is 1. The van der Waals surface area contributed by atoms with Gasteiger partial charge < -0.3 is 9.64 Å². The van der Waals surface area contributed by atoms with Crippen LogP contribution in [0.4, 0.5) is 5.82 Å². The van der Waals surface area contributed by atoms with E-state index in [9.17, 15) is 4.79 Å². The number of rotatable bonds is 7. The molecule has 0 radical (unpaired) electrons. The number of halogens is 1. The Labute approximate surface area is 167 Å². The smallest absolute Gasteiger partial charge is 0.209 e. The topological polar surface area (TPSA) is 70.4 Å². The van der Waals surface area contributed by atoms with Gasteiger partial charge in [-0.25, -0.2) is 4.98 Å². The van der Waals surface area contributed by atoms with Crippen molar-refractivity contribution in [2.24, 2.45) is 10.2 Å². The van der Waals surface area contributed by atoms with Crippen LogP contribution in [-0.2, 0) is 4.79 Å². The molecule has 1 aliphatic heterocycles. The molecule has 0 aliphatic carbocycles. The van der Waals surface area contributed by atoms with Crippen molar-refractivity contribution >= 4 is 28.2 Å². The summed E-state index contributed by atoms with van der Waals surface area (Å²) in [4.78, 5) is 19.3. The van der Waals surface area contributed by atoms with Gasteiger partial charge in [-0.15, -0.1) is 5.11 Å². The van der Waals surface area contributed by atoms with Gasteiger partial charge in [0.15, 0.2) is 5.82 Å². The minimum atomic E-state index is -0.121. The van der Waals surface area contributed by atoms with Gasteiger partial charge in [0.1, 0.15) is 11.8 Å². The molecule has 1 aromatic carbocycles. The second-order valence-electron chi connectivity index (χ2n) is 6.28. The molecule has 1 unspecified atom stereocenters. The largest absolute Gasteiger partial charge is 0.497 e. The van der Waals surface area contributed by atoms with Crippen LogP contribution in [-0.4, -0.2) is 61.0 Å². The van der Waals surface area contributed by atoms with E-state index < -0.39 is 0 Å². The normalized spacial score (nSPS) is 16.4. The number of carbonyl (C=O) groups excluding carboxylic acids is 1. The molecular weight excluding hydrogens is 410 g/mol. The predicted octanol–water partition coefficient (Wildman–Crippen LogP) is 3.45. The van der Waals surface area contributed by atoms with Crippen molar-refractivity contribution in [2.75, 3.05) is 39.8 Å². The molecule has 7 nitrogen and oxygen atoms in total. The van der Waals surface area contributed by atoms with Crippen molar-refractivity contribution in [3.63, 3.8) is 0 Å². The average Bonchev–Trinajstić information content (AvgIpc) is 2.73. The molecule has 1 aromatic heterocycles. The average molecular weight is 432 g/mol. The van der Waals surface area contributed by atoms with Gasteiger partial charge in [0.05, 0.1) is 7.11 Å². The Morgan fingerprint density at radius 2 is 1.93 bits per heavy atom. The molecule has 1 atom stereocenters. The van der Waals surface area contributed by atoms with Crippen LogP contribution in [0.2, 0.25) is 0 Å². The van der Waals surface area contributed by atoms with Crippen LogP contribution in [0.15, 0.2) is 57.3 Å². The first-order valence-electron chi connectivity index (χ1n) is 8.76. The molecule has 2 aromatic rings. The van der Waals surface area contributed by atoms with Crippen LogP contribution in [0.25, 0.3) is 0 Å². The number of carbonyl (C=O) groups is 1. The molecule has 142 valence electrons. The van der Waals surface area contributed by atoms with Crippen LogP contribution in [0, 0.1) is 0 Å². The van der Waals surface area contributed by atoms with Gasteiger partial charge in [-0.3, -0.25) is 9.69 Å². The minimum absolute atomic E-state index is 0.121. The summed E-state index contributed by atoms with van der Waals surface area (Å²) in [5.41, 5.74) is 1.06. The number of methoxy groups -OCH3 is 1. The van der Waals surface area contributed by atoms with E-state index in [1.54, 1.807) is 18.2 Å². The number of azo groups is 1. The van der Waals surface area contributed by atoms with Crippen LogP contribution in [0.1, 0.15) is 11.6 Å². The highest BCUT2D eigenvalue weighted by Crippen LogP contribution is 2.24. The second-order valence-corrected chi connectivity index (χ2v) is 7.20. The van der Waals surface area contributed by atoms with Crippen molar-refractivity contribution in [3.8, 4) is 5.75 Å². The number of ether oxygens (including phenoxy) is 1. The highest BCUT2D eigenvalue weighted by molar-refractivity contribution is 9.10. The van der Waals surface area contributed by atoms with Crippen molar-refractivity contribution < 1.29 is 9.53 Å². The van der Waals surface area contributed by atoms with Crippen LogP contribution >= 0.6 is 15.9 Å². The van der Waals surface area contributed by atoms with Gasteiger partial charge >= 0.3 is 0 Å². The third kappa shape index (κ3) is 5.58. The van der Waals surface area contributed by atoms with E-state index >= 15 is 0 Å². The van der Waals surface area contributed by atoms with E-state index in [4.69, 9.17) is 4.74 Å². The van der Waals surface area contributed by atoms with Crippen LogP contribution in [0.3, 0.4) is 0 Å². The summed E-state index contributed by atoms with van der Waals surface area (Å²) in [5.74, 6) is 1.38. The molecule has 0 N–H and O–H groups in total. The second kappa shape index (κ2) is 9.57. The first-order valence-corrected chi connectivity index (χ1v) is 9.55. The Kier molecular flexibility index (Phi) is 6.89. The maximum atomic E-state index is 10.9. The van der Waals surface area contributed by atoms with E-state index in [0.717, 1.165) is 54.9 Å². The van der Waals surface area contributed by atoms with E-state index in [0.29, 0.717) is 5.82 Å². The summed E-state index contributed by atoms with van der Waals surface area (Å²) >= 11 is 3.37. The molecular formula is C19H22BrN5O2. The van der Waals surface area contributed by atoms with Gasteiger partial charge in [-0.05, 0) is 45.8 Å². The lowest BCUT2D eigenvalue weighted by Gasteiger charge is -2.33. The molecule has 0 bridgehead atoms. The fourth-order valence-electron chi connectivity index (χ4n) is 2.89. The number of nitrogens with zero attached hydrogens (tertiary/aromatic N) is 5. The summed E-state index contributed by atoms with van der Waals surface area (Å²) in [6, 6.07) is 11.5. The first kappa shape index (κ1) is 19.4. The van der Waals surface area contributed by atoms with E-state index in [-0.39, 0.29) is 6.04 Å². The van der Waals surface area contributed by atoms with E-state index in [1.165, 1.54) is 0 Å². The van der Waals surface area contributed by atoms with Gasteiger partial charge in [0.2, 0.25) is 6.41 Å². The molecule has 1 saturated heterocycles. The summed E-state index contributed by atoms with van der Waals surface area (Å²) in [7, 11) is 1.65. The Morgan fingerprint density at radius 3 is 2.52 bits per heavy atom. The summed E-state index contributed by atoms with van der Waals surface area (Å²) in [6.07, 6.45) is 2.62. The third-order valence-electron chi connectivity index (χ3n) is 4.50. The zero-order valence-electron chi connectivity index (χ0n) is 15.2. The van der Waals surface area contributed by atoms with Gasteiger partial charge in [-0.1, -0.05) is 12.1 Å². The lowest BCUT2D eigenvalue weighted by molar-refractivity contribution is -0.119. The van der Waals surface area contributed by atoms with Crippen molar-refractivity contribution in [3.05, 3.63) is 52.6 Å². The highest BCUT2D eigenvalue weighted by Gasteiger charge is 2.20. The number of aromatic nitrogens is 1. The Balaban J connectivity index is 1.75. The lowest BCUT2D eigenvalue weighted by Crippen LogP contribution is -2.46. The highest BCUT2D eigenvalue weighted by atomic mass is 79.9. The van der Waals surface area contributed by atoms with Gasteiger partial charge in [-0.2, -0.15) is 5.11 Å². The number of pyridine rings is 1. The molecule has 27 heavy (non-hydrogen) atoms. The fourth-order valence-corrected chi connectivity index (χ4v) is 3.12. The van der Waals surface area contributed by atoms with Gasteiger partial charge in [0.25, 0.3) is 0 Å². The maximum absolute atomic E-state index is 10.9. The Bertz CT molecular complexity index is 759. The van der Waals surface area contributed by atoms with Crippen LogP contribution < -0.4 is 4.74 Å². The van der Waals surface area contributed by atoms with Crippen LogP contribution in [0.5, 0.6) is 5.75 Å². The number of amides is 1. The molecule has 3 rings (SSSR count). The van der Waals surface area contributed by atoms with E-state index in [1.807, 2.05) is 36.4 Å². The SMILES string of the molecule is COc1ccc(C(CN2CCN(C=O)CC2)N=Nc2ccc(Br)cn2)cc1. The monoisotopic (exact) mass is 431 g/mol. The summed E-state index contributed by atoms with van der Waals surface area (Å²) < 4.78 is 6.15. The van der Waals surface area contributed by atoms with Crippen molar-refractivity contribution in [1.82, 2.24) is 14.8 Å². The first-order chi connectivity index (χ1) is 13.2. The zero-order valence-corrected chi connectivity index (χ0v) is 16.7. The zero-order chi connectivity index (χ0) is 19.1. The maximum Gasteiger partial charge on any atom is 0.209 e. The van der Waals surface area contributed by atoms with Crippen molar-refractivity contribution in [1.29, 1.82) is 0 Å². The number of benzene rings is 1. The van der Waals surface area contributed by atoms with E-state index in [2.05, 4.69) is 36.0 Å².